The van der Waals surface area contributed by atoms with E-state index in [1.807, 2.05) is 49.4 Å². The minimum Gasteiger partial charge on any atom is -0.496 e. The first-order valence-corrected chi connectivity index (χ1v) is 11.0. The van der Waals surface area contributed by atoms with Crippen LogP contribution in [0.25, 0.3) is 10.9 Å². The molecule has 33 heavy (non-hydrogen) atoms. The second kappa shape index (κ2) is 9.16. The molecule has 9 nitrogen and oxygen atoms in total. The summed E-state index contributed by atoms with van der Waals surface area (Å²) in [6.07, 6.45) is 1.69. The smallest absolute Gasteiger partial charge is 0.338 e. The van der Waals surface area contributed by atoms with E-state index in [4.69, 9.17) is 14.2 Å². The third-order valence-corrected chi connectivity index (χ3v) is 6.03. The number of para-hydroxylation sites is 1. The van der Waals surface area contributed by atoms with Crippen LogP contribution >= 0.6 is 11.9 Å². The number of fused-ring (bicyclic) bond motifs is 1. The number of aryl methyl sites for hydroxylation is 1. The van der Waals surface area contributed by atoms with E-state index in [1.165, 1.54) is 33.3 Å². The molecule has 0 spiro atoms. The molecule has 0 fully saturated rings. The highest BCUT2D eigenvalue weighted by Gasteiger charge is 2.44. The Balaban J connectivity index is 1.80. The van der Waals surface area contributed by atoms with Crippen LogP contribution in [-0.2, 0) is 20.1 Å². The quantitative estimate of drug-likeness (QED) is 0.312. The van der Waals surface area contributed by atoms with Gasteiger partial charge in [0.1, 0.15) is 17.1 Å². The zero-order valence-corrected chi connectivity index (χ0v) is 19.4. The molecule has 0 bridgehead atoms. The lowest BCUT2D eigenvalue weighted by molar-refractivity contribution is -0.149. The van der Waals surface area contributed by atoms with E-state index in [2.05, 4.69) is 15.0 Å². The first kappa shape index (κ1) is 22.7. The first-order chi connectivity index (χ1) is 15.9. The maximum absolute atomic E-state index is 13.6. The Hall–Kier alpha value is -3.50. The molecule has 2 aromatic carbocycles. The molecule has 1 aliphatic rings. The zero-order chi connectivity index (χ0) is 23.6. The van der Waals surface area contributed by atoms with Crippen molar-refractivity contribution in [1.29, 1.82) is 0 Å². The number of amides is 1. The van der Waals surface area contributed by atoms with E-state index in [-0.39, 0.29) is 0 Å². The molecule has 172 valence electrons. The number of methoxy groups -OCH3 is 3. The van der Waals surface area contributed by atoms with Crippen molar-refractivity contribution in [2.24, 2.45) is 4.99 Å². The Bertz CT molecular complexity index is 1220. The summed E-state index contributed by atoms with van der Waals surface area (Å²) < 4.78 is 20.9. The maximum atomic E-state index is 13.6. The lowest BCUT2D eigenvalue weighted by Crippen LogP contribution is -2.54. The number of hydrogen-bond acceptors (Lipinski definition) is 8. The zero-order valence-electron chi connectivity index (χ0n) is 18.6. The normalized spacial score (nSPS) is 18.2. The van der Waals surface area contributed by atoms with Crippen LogP contribution in [-0.4, -0.2) is 43.3 Å². The number of nitrogens with zero attached hydrogens (tertiary/aromatic N) is 2. The Morgan fingerprint density at radius 3 is 2.42 bits per heavy atom. The Morgan fingerprint density at radius 1 is 1.12 bits per heavy atom. The summed E-state index contributed by atoms with van der Waals surface area (Å²) in [6, 6.07) is 11.7. The molecule has 0 aliphatic carbocycles. The molecule has 4 rings (SSSR count). The number of aliphatic imine (C=N–C) groups is 1. The molecule has 0 saturated carbocycles. The van der Waals surface area contributed by atoms with Crippen LogP contribution in [0.15, 0.2) is 53.7 Å². The molecular weight excluding hydrogens is 444 g/mol. The molecule has 2 atom stereocenters. The van der Waals surface area contributed by atoms with Crippen molar-refractivity contribution in [3.63, 3.8) is 0 Å². The summed E-state index contributed by atoms with van der Waals surface area (Å²) in [5.41, 5.74) is 3.68. The molecule has 0 saturated heterocycles. The van der Waals surface area contributed by atoms with Crippen molar-refractivity contribution in [2.75, 3.05) is 21.3 Å². The van der Waals surface area contributed by atoms with E-state index in [0.717, 1.165) is 16.5 Å². The summed E-state index contributed by atoms with van der Waals surface area (Å²) in [5.74, 6) is -1.80. The van der Waals surface area contributed by atoms with Crippen LogP contribution < -0.4 is 19.5 Å². The van der Waals surface area contributed by atoms with Crippen molar-refractivity contribution in [1.82, 2.24) is 14.6 Å². The third-order valence-electron chi connectivity index (χ3n) is 5.40. The topological polar surface area (TPSA) is 103 Å². The first-order valence-electron chi connectivity index (χ1n) is 10.1. The number of carbonyl (C=O) groups is 2. The van der Waals surface area contributed by atoms with E-state index in [0.29, 0.717) is 17.1 Å². The van der Waals surface area contributed by atoms with Gasteiger partial charge in [0.05, 0.1) is 26.9 Å². The molecule has 10 heteroatoms. The van der Waals surface area contributed by atoms with Gasteiger partial charge in [0, 0.05) is 11.7 Å². The fraction of sp³-hybridized carbons (Fsp3) is 0.261. The summed E-state index contributed by atoms with van der Waals surface area (Å²) in [6.45, 7) is 1.91. The lowest BCUT2D eigenvalue weighted by atomic mass is 10.0. The average molecular weight is 469 g/mol. The van der Waals surface area contributed by atoms with Gasteiger partial charge in [0.15, 0.2) is 0 Å². The van der Waals surface area contributed by atoms with Crippen LogP contribution in [0.1, 0.15) is 17.2 Å². The highest BCUT2D eigenvalue weighted by Crippen LogP contribution is 2.41. The van der Waals surface area contributed by atoms with Crippen molar-refractivity contribution in [3.05, 3.63) is 59.8 Å². The number of nitrogens with one attached hydrogen (secondary N) is 2. The van der Waals surface area contributed by atoms with Crippen LogP contribution in [0.5, 0.6) is 11.5 Å². The second-order valence-corrected chi connectivity index (χ2v) is 8.06. The van der Waals surface area contributed by atoms with Gasteiger partial charge in [-0.15, -0.1) is 0 Å². The summed E-state index contributed by atoms with van der Waals surface area (Å²) in [5, 5.41) is 3.79. The second-order valence-electron chi connectivity index (χ2n) is 7.41. The molecule has 0 radical (unpaired) electrons. The van der Waals surface area contributed by atoms with Crippen LogP contribution in [0, 0.1) is 6.92 Å². The van der Waals surface area contributed by atoms with Gasteiger partial charge in [-0.05, 0) is 54.1 Å². The van der Waals surface area contributed by atoms with Gasteiger partial charge in [-0.2, -0.15) is 0 Å². The van der Waals surface area contributed by atoms with Gasteiger partial charge in [0.2, 0.25) is 11.8 Å². The number of hydrogen-bond donors (Lipinski definition) is 2. The lowest BCUT2D eigenvalue weighted by Gasteiger charge is -2.32. The van der Waals surface area contributed by atoms with Gasteiger partial charge < -0.3 is 24.1 Å². The third kappa shape index (κ3) is 4.03. The largest absolute Gasteiger partial charge is 0.496 e. The predicted octanol–water partition coefficient (Wildman–Crippen LogP) is 2.89. The summed E-state index contributed by atoms with van der Waals surface area (Å²) >= 11 is 1.20. The SMILES string of the molecule is COC(=O)C(C(=O)NC1(c2c(OC)cc(C)cc2OC)N=CSN1)n1ccc2ccccc21. The molecule has 2 N–H and O–H groups in total. The van der Waals surface area contributed by atoms with Gasteiger partial charge in [-0.25, -0.2) is 14.5 Å². The maximum Gasteiger partial charge on any atom is 0.338 e. The Labute approximate surface area is 195 Å². The van der Waals surface area contributed by atoms with Gasteiger partial charge in [-0.3, -0.25) is 4.79 Å². The average Bonchev–Trinajstić information content (AvgIpc) is 3.46. The van der Waals surface area contributed by atoms with Crippen LogP contribution in [0.4, 0.5) is 0 Å². The van der Waals surface area contributed by atoms with E-state index in [9.17, 15) is 9.59 Å². The van der Waals surface area contributed by atoms with Crippen molar-refractivity contribution in [3.8, 4) is 11.5 Å². The highest BCUT2D eigenvalue weighted by molar-refractivity contribution is 8.10. The number of ether oxygens (including phenoxy) is 3. The number of benzene rings is 2. The van der Waals surface area contributed by atoms with E-state index < -0.39 is 23.7 Å². The van der Waals surface area contributed by atoms with Gasteiger partial charge >= 0.3 is 5.97 Å². The molecule has 1 aliphatic heterocycles. The molecule has 1 aromatic heterocycles. The number of rotatable bonds is 7. The monoisotopic (exact) mass is 468 g/mol. The fourth-order valence-electron chi connectivity index (χ4n) is 3.91. The Kier molecular flexibility index (Phi) is 6.30. The Morgan fingerprint density at radius 2 is 1.82 bits per heavy atom. The van der Waals surface area contributed by atoms with E-state index in [1.54, 1.807) is 16.3 Å². The number of carbonyl (C=O) groups excluding carboxylic acids is 2. The summed E-state index contributed by atoms with van der Waals surface area (Å²) in [4.78, 5) is 30.9. The standard InChI is InChI=1S/C23H24N4O5S/c1-14-11-17(30-2)19(18(12-14)31-3)23(24-13-33-26-23)25-21(28)20(22(29)32-4)27-10-9-15-7-5-6-8-16(15)27/h5-13,20,26H,1-4H3,(H,25,28). The molecule has 2 unspecified atom stereocenters. The minimum atomic E-state index is -1.43. The van der Waals surface area contributed by atoms with Crippen LogP contribution in [0.3, 0.4) is 0 Å². The fourth-order valence-corrected chi connectivity index (χ4v) is 4.55. The number of aromatic nitrogens is 1. The molecule has 1 amide bonds. The molecule has 2 heterocycles. The summed E-state index contributed by atoms with van der Waals surface area (Å²) in [7, 11) is 4.31. The van der Waals surface area contributed by atoms with Crippen molar-refractivity contribution < 1.29 is 23.8 Å². The molecule has 3 aromatic rings. The van der Waals surface area contributed by atoms with Crippen molar-refractivity contribution in [2.45, 2.75) is 18.8 Å². The van der Waals surface area contributed by atoms with Crippen molar-refractivity contribution >= 4 is 40.3 Å². The number of esters is 1. The highest BCUT2D eigenvalue weighted by atomic mass is 32.2. The van der Waals surface area contributed by atoms with Crippen LogP contribution in [0.2, 0.25) is 0 Å². The molecular formula is C23H24N4O5S. The predicted molar refractivity (Wildman–Crippen MR) is 126 cm³/mol. The van der Waals surface area contributed by atoms with E-state index >= 15 is 0 Å². The minimum absolute atomic E-state index is 0.473. The van der Waals surface area contributed by atoms with Gasteiger partial charge in [0.25, 0.3) is 5.91 Å². The van der Waals surface area contributed by atoms with Gasteiger partial charge in [-0.1, -0.05) is 18.2 Å².